The van der Waals surface area contributed by atoms with Gasteiger partial charge in [-0.2, -0.15) is 0 Å². The Hall–Kier alpha value is -4.74. The van der Waals surface area contributed by atoms with Crippen molar-refractivity contribution in [2.24, 2.45) is 0 Å². The van der Waals surface area contributed by atoms with Crippen LogP contribution in [-0.2, 0) is 19.1 Å². The van der Waals surface area contributed by atoms with E-state index in [-0.39, 0.29) is 25.2 Å². The van der Waals surface area contributed by atoms with Crippen LogP contribution >= 0.6 is 0 Å². The lowest BCUT2D eigenvalue weighted by Gasteiger charge is -2.15. The standard InChI is InChI=1S/C81H132O5/c1-3-5-7-9-11-13-15-17-19-21-23-25-27-29-31-33-35-37-39-40-42-44-46-48-50-52-54-56-58-60-62-64-66-68-70-72-74-76-81(84)86-79(77-82)78-85-80(83)75-73-71-69-67-65-63-61-59-57-55-53-51-49-47-45-43-41-38-36-34-32-30-28-26-24-22-20-18-16-14-12-10-8-6-4-2/h5-8,11-14,17-20,23-26,29,31,35,37,40,42,46,48,52,54,58,60,79,82H,3-4,9-10,15-16,21-22,27-28,30,32-34,36,38-39,41,43-45,47,49-51,53,55-57,59,61-78H2,1-2H3/b7-5-,8-6-,13-11-,14-12-,19-17-,20-18-,25-23-,26-24-,31-29-,37-35-,42-40-,48-46-,54-52-,60-58-. The van der Waals surface area contributed by atoms with E-state index in [2.05, 4.69) is 184 Å². The van der Waals surface area contributed by atoms with Gasteiger partial charge in [0.1, 0.15) is 6.61 Å². The van der Waals surface area contributed by atoms with Gasteiger partial charge in [-0.15, -0.1) is 0 Å². The third-order valence-corrected chi connectivity index (χ3v) is 15.0. The van der Waals surface area contributed by atoms with Crippen molar-refractivity contribution in [2.75, 3.05) is 13.2 Å². The molecule has 0 fully saturated rings. The van der Waals surface area contributed by atoms with Crippen molar-refractivity contribution in [1.29, 1.82) is 0 Å². The molecule has 5 heteroatoms. The summed E-state index contributed by atoms with van der Waals surface area (Å²) in [7, 11) is 0. The molecule has 0 aliphatic carbocycles. The summed E-state index contributed by atoms with van der Waals surface area (Å²) in [6, 6.07) is 0. The quantitative estimate of drug-likeness (QED) is 0.0373. The Labute approximate surface area is 532 Å². The smallest absolute Gasteiger partial charge is 0.306 e. The molecular formula is C81H132O5. The summed E-state index contributed by atoms with van der Waals surface area (Å²) in [6.45, 7) is 3.92. The summed E-state index contributed by atoms with van der Waals surface area (Å²) in [5, 5.41) is 9.71. The molecule has 0 aromatic carbocycles. The number of carbonyl (C=O) groups excluding carboxylic acids is 2. The van der Waals surface area contributed by atoms with E-state index in [1.54, 1.807) is 0 Å². The zero-order valence-electron chi connectivity index (χ0n) is 55.8. The van der Waals surface area contributed by atoms with Crippen LogP contribution in [0.15, 0.2) is 170 Å². The molecule has 486 valence electrons. The number of hydrogen-bond donors (Lipinski definition) is 1. The van der Waals surface area contributed by atoms with Crippen LogP contribution in [0.5, 0.6) is 0 Å². The lowest BCUT2D eigenvalue weighted by Crippen LogP contribution is -2.28. The monoisotopic (exact) mass is 1190 g/mol. The molecule has 0 heterocycles. The Morgan fingerprint density at radius 1 is 0.267 bits per heavy atom. The molecule has 1 N–H and O–H groups in total. The molecule has 0 amide bonds. The van der Waals surface area contributed by atoms with E-state index in [0.717, 1.165) is 135 Å². The second-order valence-electron chi connectivity index (χ2n) is 23.2. The summed E-state index contributed by atoms with van der Waals surface area (Å²) in [5.74, 6) is -0.607. The van der Waals surface area contributed by atoms with E-state index in [0.29, 0.717) is 12.8 Å². The minimum atomic E-state index is -0.792. The molecule has 1 unspecified atom stereocenters. The molecule has 0 bridgehead atoms. The van der Waals surface area contributed by atoms with Crippen LogP contribution in [-0.4, -0.2) is 36.4 Å². The maximum atomic E-state index is 12.4. The SMILES string of the molecule is CC/C=C\C/C=C\C/C=C\C/C=C\C/C=C\C/C=C\C/C=C\C/C=C\C/C=C\C/C=C\CCCCCCCCC(=O)OC(CO)COC(=O)CCCCCCCCCCCCCCCCCCCCCCCC/C=C\C/C=C\C/C=C\C/C=C\CC. The molecule has 0 spiro atoms. The molecule has 0 aliphatic heterocycles. The second-order valence-corrected chi connectivity index (χ2v) is 23.2. The van der Waals surface area contributed by atoms with Crippen molar-refractivity contribution in [3.8, 4) is 0 Å². The fourth-order valence-corrected chi connectivity index (χ4v) is 9.75. The lowest BCUT2D eigenvalue weighted by atomic mass is 10.0. The van der Waals surface area contributed by atoms with Crippen molar-refractivity contribution in [3.05, 3.63) is 170 Å². The van der Waals surface area contributed by atoms with Crippen LogP contribution in [0.25, 0.3) is 0 Å². The van der Waals surface area contributed by atoms with Gasteiger partial charge in [0.15, 0.2) is 6.10 Å². The van der Waals surface area contributed by atoms with E-state index in [1.165, 1.54) is 148 Å². The summed E-state index contributed by atoms with van der Waals surface area (Å²) in [6.07, 6.45) is 115. The van der Waals surface area contributed by atoms with Crippen molar-refractivity contribution in [2.45, 2.75) is 315 Å². The molecule has 0 rings (SSSR count). The normalized spacial score (nSPS) is 13.3. The number of unbranched alkanes of at least 4 members (excludes halogenated alkanes) is 28. The van der Waals surface area contributed by atoms with Gasteiger partial charge in [0.2, 0.25) is 0 Å². The minimum absolute atomic E-state index is 0.0786. The molecule has 0 aromatic heterocycles. The minimum Gasteiger partial charge on any atom is -0.462 e. The number of aliphatic hydroxyl groups excluding tert-OH is 1. The summed E-state index contributed by atoms with van der Waals surface area (Å²) in [4.78, 5) is 24.7. The van der Waals surface area contributed by atoms with Gasteiger partial charge >= 0.3 is 11.9 Å². The maximum Gasteiger partial charge on any atom is 0.306 e. The number of rotatable bonds is 64. The highest BCUT2D eigenvalue weighted by molar-refractivity contribution is 5.70. The molecule has 1 atom stereocenters. The van der Waals surface area contributed by atoms with Crippen molar-refractivity contribution >= 4 is 11.9 Å². The van der Waals surface area contributed by atoms with E-state index in [9.17, 15) is 14.7 Å². The van der Waals surface area contributed by atoms with Crippen LogP contribution in [0.1, 0.15) is 309 Å². The van der Waals surface area contributed by atoms with Gasteiger partial charge in [-0.3, -0.25) is 9.59 Å². The first kappa shape index (κ1) is 81.3. The van der Waals surface area contributed by atoms with E-state index >= 15 is 0 Å². The molecule has 5 nitrogen and oxygen atoms in total. The third kappa shape index (κ3) is 71.7. The highest BCUT2D eigenvalue weighted by Crippen LogP contribution is 2.17. The molecule has 0 saturated heterocycles. The first-order chi connectivity index (χ1) is 42.6. The first-order valence-electron chi connectivity index (χ1n) is 35.7. The van der Waals surface area contributed by atoms with Gasteiger partial charge in [-0.25, -0.2) is 0 Å². The van der Waals surface area contributed by atoms with Crippen LogP contribution in [0.4, 0.5) is 0 Å². The average molecular weight is 1190 g/mol. The Balaban J connectivity index is 3.54. The predicted octanol–water partition coefficient (Wildman–Crippen LogP) is 25.2. The van der Waals surface area contributed by atoms with Crippen LogP contribution in [0.3, 0.4) is 0 Å². The molecular weight excluding hydrogens is 1050 g/mol. The van der Waals surface area contributed by atoms with Gasteiger partial charge in [-0.1, -0.05) is 338 Å². The van der Waals surface area contributed by atoms with Crippen molar-refractivity contribution in [3.63, 3.8) is 0 Å². The molecule has 0 radical (unpaired) electrons. The Bertz CT molecular complexity index is 1870. The van der Waals surface area contributed by atoms with Crippen LogP contribution in [0, 0.1) is 0 Å². The molecule has 0 aromatic rings. The topological polar surface area (TPSA) is 72.8 Å². The molecule has 86 heavy (non-hydrogen) atoms. The van der Waals surface area contributed by atoms with E-state index in [4.69, 9.17) is 9.47 Å². The Morgan fingerprint density at radius 2 is 0.465 bits per heavy atom. The number of carbonyl (C=O) groups is 2. The maximum absolute atomic E-state index is 12.4. The van der Waals surface area contributed by atoms with Crippen molar-refractivity contribution in [1.82, 2.24) is 0 Å². The number of allylic oxidation sites excluding steroid dienone is 28. The second kappa shape index (κ2) is 74.5. The van der Waals surface area contributed by atoms with Gasteiger partial charge in [0.25, 0.3) is 0 Å². The number of hydrogen-bond acceptors (Lipinski definition) is 5. The zero-order chi connectivity index (χ0) is 61.9. The predicted molar refractivity (Wildman–Crippen MR) is 380 cm³/mol. The van der Waals surface area contributed by atoms with Crippen LogP contribution in [0.2, 0.25) is 0 Å². The number of ether oxygens (including phenoxy) is 2. The third-order valence-electron chi connectivity index (χ3n) is 15.0. The summed E-state index contributed by atoms with van der Waals surface area (Å²) >= 11 is 0. The van der Waals surface area contributed by atoms with Crippen LogP contribution < -0.4 is 0 Å². The number of aliphatic hydroxyl groups is 1. The first-order valence-corrected chi connectivity index (χ1v) is 35.7. The fourth-order valence-electron chi connectivity index (χ4n) is 9.75. The van der Waals surface area contributed by atoms with Gasteiger partial charge in [-0.05, 0) is 128 Å². The van der Waals surface area contributed by atoms with E-state index < -0.39 is 6.10 Å². The highest BCUT2D eigenvalue weighted by atomic mass is 16.6. The molecule has 0 aliphatic rings. The Kier molecular flexibility index (Phi) is 70.4. The molecule has 0 saturated carbocycles. The average Bonchev–Trinajstić information content (AvgIpc) is 3.53. The van der Waals surface area contributed by atoms with Gasteiger partial charge in [0, 0.05) is 12.8 Å². The highest BCUT2D eigenvalue weighted by Gasteiger charge is 2.16. The van der Waals surface area contributed by atoms with E-state index in [1.807, 2.05) is 0 Å². The fraction of sp³-hybridized carbons (Fsp3) is 0.630. The van der Waals surface area contributed by atoms with Crippen molar-refractivity contribution < 1.29 is 24.2 Å². The summed E-state index contributed by atoms with van der Waals surface area (Å²) in [5.41, 5.74) is 0. The summed E-state index contributed by atoms with van der Waals surface area (Å²) < 4.78 is 10.7. The zero-order valence-corrected chi connectivity index (χ0v) is 55.8. The largest absolute Gasteiger partial charge is 0.462 e. The lowest BCUT2D eigenvalue weighted by molar-refractivity contribution is -0.161. The van der Waals surface area contributed by atoms with Gasteiger partial charge in [0.05, 0.1) is 6.61 Å². The van der Waals surface area contributed by atoms with Gasteiger partial charge < -0.3 is 14.6 Å². The number of esters is 2. The Morgan fingerprint density at radius 3 is 0.698 bits per heavy atom.